The highest BCUT2D eigenvalue weighted by Gasteiger charge is 2.49. The quantitative estimate of drug-likeness (QED) is 0.379. The summed E-state index contributed by atoms with van der Waals surface area (Å²) in [6.45, 7) is 9.12. The first-order chi connectivity index (χ1) is 14.6. The maximum Gasteiger partial charge on any atom is 0.0599 e. The molecule has 2 saturated carbocycles. The summed E-state index contributed by atoms with van der Waals surface area (Å²) >= 11 is 2.18. The lowest BCUT2D eigenvalue weighted by molar-refractivity contribution is 0.0269. The van der Waals surface area contributed by atoms with Gasteiger partial charge >= 0.3 is 0 Å². The molecule has 0 aromatic rings. The Morgan fingerprint density at radius 1 is 1.07 bits per heavy atom. The standard InChI is InChI=1S/C26H43NO2S/c1-6-7-19-16-22-25(19)26(22)20-8-11-24(18(3)14-20)30-27(12-13-28-4)23-10-9-21(29-5)15-17(23)2/h16-18,20-21,23-24,26H,6-15H2,1-5H3. The molecule has 0 saturated heterocycles. The Morgan fingerprint density at radius 2 is 1.90 bits per heavy atom. The highest BCUT2D eigenvalue weighted by atomic mass is 32.2. The van der Waals surface area contributed by atoms with E-state index in [1.165, 1.54) is 51.4 Å². The molecule has 0 amide bonds. The second-order valence-electron chi connectivity index (χ2n) is 10.3. The van der Waals surface area contributed by atoms with Gasteiger partial charge in [-0.2, -0.15) is 0 Å². The van der Waals surface area contributed by atoms with Crippen LogP contribution in [-0.4, -0.2) is 49.1 Å². The average molecular weight is 434 g/mol. The van der Waals surface area contributed by atoms with Crippen molar-refractivity contribution < 1.29 is 9.47 Å². The van der Waals surface area contributed by atoms with E-state index < -0.39 is 0 Å². The van der Waals surface area contributed by atoms with Gasteiger partial charge in [0.15, 0.2) is 0 Å². The minimum atomic E-state index is 0.454. The normalized spacial score (nSPS) is 38.3. The van der Waals surface area contributed by atoms with Crippen molar-refractivity contribution in [2.45, 2.75) is 89.5 Å². The van der Waals surface area contributed by atoms with Crippen LogP contribution in [0.25, 0.3) is 0 Å². The van der Waals surface area contributed by atoms with Crippen molar-refractivity contribution in [2.24, 2.45) is 23.7 Å². The molecule has 0 N–H and O–H groups in total. The summed E-state index contributed by atoms with van der Waals surface area (Å²) in [6, 6.07) is 0.660. The highest BCUT2D eigenvalue weighted by Crippen LogP contribution is 2.61. The first-order valence-electron chi connectivity index (χ1n) is 12.5. The van der Waals surface area contributed by atoms with E-state index >= 15 is 0 Å². The second-order valence-corrected chi connectivity index (χ2v) is 11.6. The molecule has 3 nitrogen and oxygen atoms in total. The topological polar surface area (TPSA) is 21.7 Å². The molecule has 0 aromatic carbocycles. The molecule has 4 aliphatic rings. The zero-order chi connectivity index (χ0) is 21.3. The molecule has 0 radical (unpaired) electrons. The predicted octanol–water partition coefficient (Wildman–Crippen LogP) is 6.26. The Bertz CT molecular complexity index is 659. The number of hydrogen-bond donors (Lipinski definition) is 0. The van der Waals surface area contributed by atoms with Crippen LogP contribution in [0, 0.1) is 23.7 Å². The van der Waals surface area contributed by atoms with Gasteiger partial charge < -0.3 is 9.47 Å². The minimum absolute atomic E-state index is 0.454. The largest absolute Gasteiger partial charge is 0.383 e. The molecule has 0 aliphatic heterocycles. The van der Waals surface area contributed by atoms with Gasteiger partial charge in [-0.05, 0) is 79.4 Å². The molecule has 0 aromatic heterocycles. The smallest absolute Gasteiger partial charge is 0.0599 e. The molecule has 7 unspecified atom stereocenters. The third-order valence-corrected chi connectivity index (χ3v) is 9.93. The third-order valence-electron chi connectivity index (χ3n) is 8.24. The van der Waals surface area contributed by atoms with E-state index in [2.05, 4.69) is 43.1 Å². The molecule has 0 bridgehead atoms. The van der Waals surface area contributed by atoms with Crippen LogP contribution in [0.5, 0.6) is 0 Å². The number of rotatable bonds is 10. The van der Waals surface area contributed by atoms with Gasteiger partial charge in [-0.3, -0.25) is 0 Å². The Kier molecular flexibility index (Phi) is 7.71. The zero-order valence-electron chi connectivity index (χ0n) is 19.9. The lowest BCUT2D eigenvalue weighted by Gasteiger charge is -2.43. The minimum Gasteiger partial charge on any atom is -0.383 e. The van der Waals surface area contributed by atoms with Crippen molar-refractivity contribution in [3.63, 3.8) is 0 Å². The van der Waals surface area contributed by atoms with Crippen molar-refractivity contribution in [1.29, 1.82) is 0 Å². The van der Waals surface area contributed by atoms with Crippen LogP contribution in [0.4, 0.5) is 0 Å². The number of methoxy groups -OCH3 is 2. The summed E-state index contributed by atoms with van der Waals surface area (Å²) < 4.78 is 13.9. The second kappa shape index (κ2) is 10.1. The van der Waals surface area contributed by atoms with Crippen LogP contribution in [0.1, 0.15) is 72.1 Å². The molecule has 4 rings (SSSR count). The van der Waals surface area contributed by atoms with Crippen LogP contribution in [0.15, 0.2) is 22.8 Å². The SMILES string of the molecule is CCCC1=CC2=C1C2C1CCC(SN(CCOC)C2CCC(OC)CC2C)C(C)C1. The van der Waals surface area contributed by atoms with Crippen LogP contribution in [-0.2, 0) is 9.47 Å². The van der Waals surface area contributed by atoms with Crippen molar-refractivity contribution in [3.05, 3.63) is 22.8 Å². The van der Waals surface area contributed by atoms with E-state index in [9.17, 15) is 0 Å². The molecule has 2 fully saturated rings. The van der Waals surface area contributed by atoms with E-state index in [-0.39, 0.29) is 0 Å². The Balaban J connectivity index is 1.30. The maximum absolute atomic E-state index is 5.66. The summed E-state index contributed by atoms with van der Waals surface area (Å²) in [5.41, 5.74) is 5.20. The van der Waals surface area contributed by atoms with Gasteiger partial charge in [0.1, 0.15) is 0 Å². The van der Waals surface area contributed by atoms with Gasteiger partial charge in [0.2, 0.25) is 0 Å². The van der Waals surface area contributed by atoms with Gasteiger partial charge in [0.25, 0.3) is 0 Å². The fourth-order valence-corrected chi connectivity index (χ4v) is 8.02. The summed E-state index contributed by atoms with van der Waals surface area (Å²) in [6.07, 6.45) is 13.4. The Labute approximate surface area is 189 Å². The number of ether oxygens (including phenoxy) is 2. The molecular weight excluding hydrogens is 390 g/mol. The van der Waals surface area contributed by atoms with E-state index in [4.69, 9.17) is 9.47 Å². The lowest BCUT2D eigenvalue weighted by atomic mass is 9.78. The van der Waals surface area contributed by atoms with Gasteiger partial charge in [0.05, 0.1) is 12.7 Å². The summed E-state index contributed by atoms with van der Waals surface area (Å²) in [5, 5.41) is 0.764. The van der Waals surface area contributed by atoms with E-state index in [1.807, 2.05) is 14.2 Å². The summed E-state index contributed by atoms with van der Waals surface area (Å²) in [7, 11) is 3.71. The summed E-state index contributed by atoms with van der Waals surface area (Å²) in [4.78, 5) is 0. The van der Waals surface area contributed by atoms with Gasteiger partial charge in [-0.15, -0.1) is 0 Å². The molecular formula is C26H43NO2S. The van der Waals surface area contributed by atoms with Crippen LogP contribution in [0.3, 0.4) is 0 Å². The number of nitrogens with zero attached hydrogens (tertiary/aromatic N) is 1. The molecule has 4 aliphatic carbocycles. The third kappa shape index (κ3) is 4.72. The Hall–Kier alpha value is -0.290. The van der Waals surface area contributed by atoms with E-state index in [0.717, 1.165) is 36.2 Å². The van der Waals surface area contributed by atoms with Crippen LogP contribution in [0.2, 0.25) is 0 Å². The van der Waals surface area contributed by atoms with Crippen molar-refractivity contribution in [3.8, 4) is 0 Å². The molecule has 0 spiro atoms. The van der Waals surface area contributed by atoms with Crippen LogP contribution >= 0.6 is 11.9 Å². The molecule has 7 atom stereocenters. The fraction of sp³-hybridized carbons (Fsp3) is 0.846. The van der Waals surface area contributed by atoms with Crippen LogP contribution < -0.4 is 0 Å². The molecule has 30 heavy (non-hydrogen) atoms. The predicted molar refractivity (Wildman–Crippen MR) is 128 cm³/mol. The molecule has 4 heteroatoms. The van der Waals surface area contributed by atoms with E-state index in [1.54, 1.807) is 16.7 Å². The van der Waals surface area contributed by atoms with Gasteiger partial charge in [-0.25, -0.2) is 4.31 Å². The number of hydrogen-bond acceptors (Lipinski definition) is 4. The first kappa shape index (κ1) is 22.9. The fourth-order valence-electron chi connectivity index (χ4n) is 6.46. The maximum atomic E-state index is 5.66. The van der Waals surface area contributed by atoms with E-state index in [0.29, 0.717) is 18.1 Å². The molecule has 0 heterocycles. The zero-order valence-corrected chi connectivity index (χ0v) is 20.7. The lowest BCUT2D eigenvalue weighted by Crippen LogP contribution is -2.44. The van der Waals surface area contributed by atoms with Crippen molar-refractivity contribution in [2.75, 3.05) is 27.4 Å². The van der Waals surface area contributed by atoms with Gasteiger partial charge in [-0.1, -0.05) is 45.2 Å². The molecule has 170 valence electrons. The number of allylic oxidation sites excluding steroid dienone is 4. The Morgan fingerprint density at radius 3 is 2.57 bits per heavy atom. The van der Waals surface area contributed by atoms with Crippen molar-refractivity contribution >= 4 is 11.9 Å². The average Bonchev–Trinajstić information content (AvgIpc) is 3.34. The monoisotopic (exact) mass is 433 g/mol. The first-order valence-corrected chi connectivity index (χ1v) is 13.3. The summed E-state index contributed by atoms with van der Waals surface area (Å²) in [5.74, 6) is 3.27. The van der Waals surface area contributed by atoms with Crippen molar-refractivity contribution in [1.82, 2.24) is 4.31 Å². The van der Waals surface area contributed by atoms with Gasteiger partial charge in [0, 0.05) is 38.0 Å². The highest BCUT2D eigenvalue weighted by molar-refractivity contribution is 7.97.